The second-order valence-electron chi connectivity index (χ2n) is 8.14. The minimum atomic E-state index is -0.328. The smallest absolute Gasteiger partial charge is 0.282 e. The maximum atomic E-state index is 13.0. The number of hydrogen-bond acceptors (Lipinski definition) is 3. The molecular formula is C21H28BrN3O3. The van der Waals surface area contributed by atoms with Crippen LogP contribution in [0.5, 0.6) is 5.75 Å². The zero-order valence-electron chi connectivity index (χ0n) is 17.2. The highest BCUT2D eigenvalue weighted by molar-refractivity contribution is 9.10. The van der Waals surface area contributed by atoms with Crippen LogP contribution < -0.4 is 10.2 Å². The first-order valence-corrected chi connectivity index (χ1v) is 10.3. The highest BCUT2D eigenvalue weighted by Crippen LogP contribution is 2.24. The van der Waals surface area contributed by atoms with Crippen LogP contribution in [0.25, 0.3) is 0 Å². The molecule has 0 saturated carbocycles. The number of hydrogen-bond donors (Lipinski definition) is 0. The number of nitrogens with zero attached hydrogens (tertiary/aromatic N) is 3. The Morgan fingerprint density at radius 3 is 2.71 bits per heavy atom. The van der Waals surface area contributed by atoms with Crippen molar-refractivity contribution in [2.24, 2.45) is 12.0 Å². The van der Waals surface area contributed by atoms with Crippen LogP contribution in [0.2, 0.25) is 0 Å². The highest BCUT2D eigenvalue weighted by atomic mass is 79.9. The van der Waals surface area contributed by atoms with Gasteiger partial charge in [-0.05, 0) is 31.0 Å². The minimum absolute atomic E-state index is 0.0721. The molecule has 1 atom stereocenters. The number of ether oxygens (including phenoxy) is 2. The molecule has 6 nitrogen and oxygen atoms in total. The third-order valence-electron chi connectivity index (χ3n) is 5.02. The number of aromatic nitrogens is 2. The zero-order chi connectivity index (χ0) is 20.5. The molecule has 0 N–H and O–H groups in total. The Balaban J connectivity index is 2.08. The lowest BCUT2D eigenvalue weighted by Gasteiger charge is -2.21. The van der Waals surface area contributed by atoms with E-state index in [1.54, 1.807) is 19.2 Å². The summed E-state index contributed by atoms with van der Waals surface area (Å²) in [5.41, 5.74) is 2.10. The molecule has 1 aliphatic heterocycles. The maximum absolute atomic E-state index is 13.0. The van der Waals surface area contributed by atoms with E-state index in [0.29, 0.717) is 23.3 Å². The van der Waals surface area contributed by atoms with E-state index in [4.69, 9.17) is 9.47 Å². The number of carbonyl (C=O) groups is 1. The first-order chi connectivity index (χ1) is 13.2. The van der Waals surface area contributed by atoms with E-state index in [2.05, 4.69) is 46.4 Å². The van der Waals surface area contributed by atoms with E-state index in [1.807, 2.05) is 23.9 Å². The molecule has 7 heteroatoms. The standard InChI is InChI=1S/C21H28BrN3O3/c1-21(2,3)18-12-19(25(24(18)4)13-15-7-6-10-28-15)23-20(26)16-11-14(22)8-9-17(16)27-5/h8-9,11-12,15H,6-7,10,13H2,1-5H3/t15-/m1/s1. The van der Waals surface area contributed by atoms with Crippen molar-refractivity contribution in [1.29, 1.82) is 0 Å². The van der Waals surface area contributed by atoms with Gasteiger partial charge in [0.1, 0.15) is 5.75 Å². The number of benzene rings is 1. The van der Waals surface area contributed by atoms with Crippen LogP contribution in [0.15, 0.2) is 33.7 Å². The summed E-state index contributed by atoms with van der Waals surface area (Å²) in [6.45, 7) is 7.93. The molecule has 0 spiro atoms. The molecule has 1 saturated heterocycles. The molecule has 152 valence electrons. The number of rotatable bonds is 4. The van der Waals surface area contributed by atoms with Crippen LogP contribution in [0, 0.1) is 0 Å². The summed E-state index contributed by atoms with van der Waals surface area (Å²) in [4.78, 5) is 17.4. The second kappa shape index (κ2) is 8.25. The fraction of sp³-hybridized carbons (Fsp3) is 0.524. The van der Waals surface area contributed by atoms with Gasteiger partial charge in [-0.25, -0.2) is 0 Å². The number of amides is 1. The highest BCUT2D eigenvalue weighted by Gasteiger charge is 2.24. The molecule has 1 fully saturated rings. The predicted octanol–water partition coefficient (Wildman–Crippen LogP) is 3.82. The summed E-state index contributed by atoms with van der Waals surface area (Å²) in [6, 6.07) is 7.34. The van der Waals surface area contributed by atoms with Gasteiger partial charge in [0.05, 0.1) is 25.3 Å². The van der Waals surface area contributed by atoms with Gasteiger partial charge in [0.2, 0.25) is 0 Å². The summed E-state index contributed by atoms with van der Waals surface area (Å²) >= 11 is 3.42. The van der Waals surface area contributed by atoms with E-state index in [0.717, 1.165) is 29.6 Å². The van der Waals surface area contributed by atoms with Crippen LogP contribution in [0.4, 0.5) is 0 Å². The normalized spacial score (nSPS) is 17.9. The molecular weight excluding hydrogens is 422 g/mol. The van der Waals surface area contributed by atoms with Gasteiger partial charge in [-0.15, -0.1) is 0 Å². The van der Waals surface area contributed by atoms with E-state index in [-0.39, 0.29) is 17.4 Å². The SMILES string of the molecule is COc1ccc(Br)cc1C(=O)N=c1cc(C(C)(C)C)n(C)n1C[C@H]1CCCO1. The molecule has 1 aromatic heterocycles. The minimum Gasteiger partial charge on any atom is -0.496 e. The summed E-state index contributed by atoms with van der Waals surface area (Å²) in [5.74, 6) is 0.180. The van der Waals surface area contributed by atoms with Crippen molar-refractivity contribution in [3.8, 4) is 5.75 Å². The Labute approximate surface area is 174 Å². The van der Waals surface area contributed by atoms with Crippen molar-refractivity contribution in [3.63, 3.8) is 0 Å². The van der Waals surface area contributed by atoms with Gasteiger partial charge < -0.3 is 9.47 Å². The van der Waals surface area contributed by atoms with Gasteiger partial charge in [-0.2, -0.15) is 4.99 Å². The van der Waals surface area contributed by atoms with Gasteiger partial charge in [-0.3, -0.25) is 14.2 Å². The van der Waals surface area contributed by atoms with Crippen molar-refractivity contribution in [1.82, 2.24) is 9.36 Å². The predicted molar refractivity (Wildman–Crippen MR) is 112 cm³/mol. The van der Waals surface area contributed by atoms with Crippen molar-refractivity contribution in [2.75, 3.05) is 13.7 Å². The van der Waals surface area contributed by atoms with Gasteiger partial charge in [0.15, 0.2) is 5.49 Å². The van der Waals surface area contributed by atoms with Crippen LogP contribution >= 0.6 is 15.9 Å². The molecule has 3 rings (SSSR count). The van der Waals surface area contributed by atoms with Crippen molar-refractivity contribution in [2.45, 2.75) is 51.7 Å². The van der Waals surface area contributed by atoms with Crippen molar-refractivity contribution < 1.29 is 14.3 Å². The lowest BCUT2D eigenvalue weighted by molar-refractivity contribution is 0.0885. The summed E-state index contributed by atoms with van der Waals surface area (Å²) in [7, 11) is 3.57. The number of methoxy groups -OCH3 is 1. The van der Waals surface area contributed by atoms with E-state index >= 15 is 0 Å². The molecule has 2 aromatic rings. The lowest BCUT2D eigenvalue weighted by Crippen LogP contribution is -2.30. The maximum Gasteiger partial charge on any atom is 0.282 e. The molecule has 1 amide bonds. The third kappa shape index (κ3) is 4.41. The number of carbonyl (C=O) groups excluding carboxylic acids is 1. The average Bonchev–Trinajstić information content (AvgIpc) is 3.24. The largest absolute Gasteiger partial charge is 0.496 e. The molecule has 28 heavy (non-hydrogen) atoms. The Morgan fingerprint density at radius 1 is 1.36 bits per heavy atom. The molecule has 0 bridgehead atoms. The van der Waals surface area contributed by atoms with E-state index < -0.39 is 0 Å². The Bertz CT molecular complexity index is 931. The summed E-state index contributed by atoms with van der Waals surface area (Å²) < 4.78 is 16.1. The van der Waals surface area contributed by atoms with E-state index in [1.165, 1.54) is 0 Å². The summed E-state index contributed by atoms with van der Waals surface area (Å²) in [5, 5.41) is 0. The Hall–Kier alpha value is -1.86. The van der Waals surface area contributed by atoms with Gasteiger partial charge in [0.25, 0.3) is 5.91 Å². The molecule has 0 unspecified atom stereocenters. The molecule has 2 heterocycles. The molecule has 0 radical (unpaired) electrons. The van der Waals surface area contributed by atoms with Crippen LogP contribution in [-0.2, 0) is 23.7 Å². The average molecular weight is 450 g/mol. The monoisotopic (exact) mass is 449 g/mol. The zero-order valence-corrected chi connectivity index (χ0v) is 18.7. The van der Waals surface area contributed by atoms with Crippen molar-refractivity contribution in [3.05, 3.63) is 45.5 Å². The Kier molecular flexibility index (Phi) is 6.15. The molecule has 0 aliphatic carbocycles. The van der Waals surface area contributed by atoms with E-state index in [9.17, 15) is 4.79 Å². The number of halogens is 1. The van der Waals surface area contributed by atoms with Crippen LogP contribution in [-0.4, -0.2) is 35.1 Å². The fourth-order valence-corrected chi connectivity index (χ4v) is 3.94. The first-order valence-electron chi connectivity index (χ1n) is 9.52. The van der Waals surface area contributed by atoms with Crippen molar-refractivity contribution >= 4 is 21.8 Å². The molecule has 1 aromatic carbocycles. The lowest BCUT2D eigenvalue weighted by atomic mass is 9.92. The molecule has 1 aliphatic rings. The van der Waals surface area contributed by atoms with Gasteiger partial charge in [0, 0.05) is 35.3 Å². The van der Waals surface area contributed by atoms with Crippen LogP contribution in [0.1, 0.15) is 49.7 Å². The summed E-state index contributed by atoms with van der Waals surface area (Å²) in [6.07, 6.45) is 2.24. The Morgan fingerprint density at radius 2 is 2.11 bits per heavy atom. The fourth-order valence-electron chi connectivity index (χ4n) is 3.57. The van der Waals surface area contributed by atoms with Gasteiger partial charge in [-0.1, -0.05) is 36.7 Å². The first kappa shape index (κ1) is 20.9. The third-order valence-corrected chi connectivity index (χ3v) is 5.51. The topological polar surface area (TPSA) is 57.8 Å². The second-order valence-corrected chi connectivity index (χ2v) is 9.06. The van der Waals surface area contributed by atoms with Gasteiger partial charge >= 0.3 is 0 Å². The van der Waals surface area contributed by atoms with Crippen LogP contribution in [0.3, 0.4) is 0 Å². The quantitative estimate of drug-likeness (QED) is 0.712.